The number of carbonyl (C=O) groups excluding carboxylic acids is 1. The van der Waals surface area contributed by atoms with E-state index < -0.39 is 23.2 Å². The van der Waals surface area contributed by atoms with Crippen LogP contribution in [-0.2, 0) is 17.8 Å². The number of pyridine rings is 1. The van der Waals surface area contributed by atoms with Gasteiger partial charge in [0, 0.05) is 53.2 Å². The van der Waals surface area contributed by atoms with E-state index in [1.54, 1.807) is 23.7 Å². The summed E-state index contributed by atoms with van der Waals surface area (Å²) in [5, 5.41) is 25.0. The number of nitrogens with zero attached hydrogens (tertiary/aromatic N) is 2. The fourth-order valence-electron chi connectivity index (χ4n) is 6.43. The highest BCUT2D eigenvalue weighted by atomic mass is 32.1. The minimum absolute atomic E-state index is 0.0122. The topological polar surface area (TPSA) is 95.3 Å². The van der Waals surface area contributed by atoms with Crippen LogP contribution in [0.15, 0.2) is 42.7 Å². The molecule has 37 heavy (non-hydrogen) atoms. The third-order valence-electron chi connectivity index (χ3n) is 8.60. The number of fused-ring (bicyclic) bond motifs is 2. The Morgan fingerprint density at radius 2 is 2.00 bits per heavy atom. The number of aromatic nitrogens is 2. The van der Waals surface area contributed by atoms with E-state index in [0.717, 1.165) is 27.2 Å². The summed E-state index contributed by atoms with van der Waals surface area (Å²) in [5.74, 6) is -1.92. The summed E-state index contributed by atoms with van der Waals surface area (Å²) < 4.78 is 27.2. The van der Waals surface area contributed by atoms with Crippen molar-refractivity contribution in [3.8, 4) is 10.6 Å². The van der Waals surface area contributed by atoms with Gasteiger partial charge in [0.05, 0.1) is 18.4 Å². The van der Waals surface area contributed by atoms with Gasteiger partial charge in [-0.3, -0.25) is 9.78 Å². The molecule has 0 spiro atoms. The molecule has 6 nitrogen and oxygen atoms in total. The zero-order valence-corrected chi connectivity index (χ0v) is 21.7. The van der Waals surface area contributed by atoms with Crippen LogP contribution >= 0.6 is 11.3 Å². The maximum Gasteiger partial charge on any atom is 0.220 e. The number of aliphatic hydroxyl groups excluding tert-OH is 2. The highest BCUT2D eigenvalue weighted by Crippen LogP contribution is 2.62. The molecule has 9 heteroatoms. The van der Waals surface area contributed by atoms with E-state index in [1.165, 1.54) is 12.1 Å². The summed E-state index contributed by atoms with van der Waals surface area (Å²) in [4.78, 5) is 23.5. The minimum Gasteiger partial charge on any atom is -0.396 e. The zero-order chi connectivity index (χ0) is 26.4. The van der Waals surface area contributed by atoms with Crippen molar-refractivity contribution in [1.29, 1.82) is 0 Å². The third-order valence-corrected chi connectivity index (χ3v) is 9.75. The van der Waals surface area contributed by atoms with Crippen LogP contribution in [0.4, 0.5) is 8.78 Å². The van der Waals surface area contributed by atoms with Gasteiger partial charge in [-0.1, -0.05) is 13.8 Å². The Bertz CT molecular complexity index is 1280. The first-order valence-corrected chi connectivity index (χ1v) is 13.4. The van der Waals surface area contributed by atoms with Gasteiger partial charge in [-0.25, -0.2) is 13.8 Å². The van der Waals surface area contributed by atoms with Crippen molar-refractivity contribution in [3.05, 3.63) is 70.5 Å². The first kappa shape index (κ1) is 25.9. The van der Waals surface area contributed by atoms with Gasteiger partial charge in [0.15, 0.2) is 0 Å². The van der Waals surface area contributed by atoms with Crippen LogP contribution in [0.2, 0.25) is 0 Å². The molecule has 196 valence electrons. The lowest BCUT2D eigenvalue weighted by Crippen LogP contribution is -2.57. The number of halogens is 2. The number of thiazole rings is 1. The number of rotatable bonds is 6. The number of hydrogen-bond donors (Lipinski definition) is 3. The quantitative estimate of drug-likeness (QED) is 0.435. The van der Waals surface area contributed by atoms with Gasteiger partial charge < -0.3 is 15.5 Å². The van der Waals surface area contributed by atoms with E-state index in [1.807, 2.05) is 19.1 Å². The highest BCUT2D eigenvalue weighted by molar-refractivity contribution is 7.15. The molecule has 1 saturated carbocycles. The molecule has 5 atom stereocenters. The van der Waals surface area contributed by atoms with Gasteiger partial charge in [-0.15, -0.1) is 11.3 Å². The van der Waals surface area contributed by atoms with E-state index >= 15 is 0 Å². The average molecular weight is 528 g/mol. The van der Waals surface area contributed by atoms with E-state index in [2.05, 4.69) is 17.2 Å². The molecule has 2 aliphatic rings. The van der Waals surface area contributed by atoms with Crippen molar-refractivity contribution in [2.24, 2.45) is 16.7 Å². The standard InChI is InChI=1S/C28H31F2N3O3S/c1-27-6-5-23(35)28(2,15-34)22(27)12-21-25(33-26(37-21)17-4-3-7-31-14-17)20(27)11-24(36)32-13-16-8-18(29)10-19(30)9-16/h3-4,7-10,14,20,22-23,34-35H,5-6,11-13,15H2,1-2H3,(H,32,36). The van der Waals surface area contributed by atoms with Gasteiger partial charge in [0.1, 0.15) is 16.6 Å². The molecule has 5 unspecified atom stereocenters. The Hall–Kier alpha value is -2.75. The molecule has 2 aromatic heterocycles. The smallest absolute Gasteiger partial charge is 0.220 e. The maximum absolute atomic E-state index is 13.6. The van der Waals surface area contributed by atoms with Crippen molar-refractivity contribution in [1.82, 2.24) is 15.3 Å². The number of carbonyl (C=O) groups is 1. The van der Waals surface area contributed by atoms with Crippen LogP contribution in [0.1, 0.15) is 55.2 Å². The molecule has 1 amide bonds. The Balaban J connectivity index is 1.48. The van der Waals surface area contributed by atoms with Crippen molar-refractivity contribution >= 4 is 17.2 Å². The molecule has 0 saturated heterocycles. The number of hydrogen-bond acceptors (Lipinski definition) is 6. The minimum atomic E-state index is -0.711. The molecule has 0 bridgehead atoms. The second kappa shape index (κ2) is 9.85. The molecule has 1 fully saturated rings. The molecule has 0 aliphatic heterocycles. The number of aliphatic hydroxyl groups is 2. The predicted octanol–water partition coefficient (Wildman–Crippen LogP) is 4.61. The van der Waals surface area contributed by atoms with Crippen LogP contribution in [0.3, 0.4) is 0 Å². The van der Waals surface area contributed by atoms with Crippen molar-refractivity contribution in [2.75, 3.05) is 6.61 Å². The van der Waals surface area contributed by atoms with Gasteiger partial charge in [0.25, 0.3) is 0 Å². The Labute approximate surface area is 218 Å². The lowest BCUT2D eigenvalue weighted by atomic mass is 9.47. The van der Waals surface area contributed by atoms with E-state index in [-0.39, 0.29) is 42.7 Å². The van der Waals surface area contributed by atoms with Gasteiger partial charge >= 0.3 is 0 Å². The normalized spacial score (nSPS) is 28.9. The van der Waals surface area contributed by atoms with Crippen LogP contribution in [0, 0.1) is 28.4 Å². The molecule has 1 aromatic carbocycles. The molecular weight excluding hydrogens is 496 g/mol. The maximum atomic E-state index is 13.6. The summed E-state index contributed by atoms with van der Waals surface area (Å²) in [7, 11) is 0. The van der Waals surface area contributed by atoms with Crippen molar-refractivity contribution < 1.29 is 23.8 Å². The van der Waals surface area contributed by atoms with Crippen molar-refractivity contribution in [3.63, 3.8) is 0 Å². The lowest BCUT2D eigenvalue weighted by Gasteiger charge is -2.58. The summed E-state index contributed by atoms with van der Waals surface area (Å²) in [6.07, 6.45) is 4.86. The first-order valence-electron chi connectivity index (χ1n) is 12.5. The molecule has 3 N–H and O–H groups in total. The van der Waals surface area contributed by atoms with Gasteiger partial charge in [-0.05, 0) is 60.4 Å². The molecule has 5 rings (SSSR count). The van der Waals surface area contributed by atoms with Crippen LogP contribution in [0.5, 0.6) is 0 Å². The average Bonchev–Trinajstić information content (AvgIpc) is 3.30. The largest absolute Gasteiger partial charge is 0.396 e. The summed E-state index contributed by atoms with van der Waals surface area (Å²) in [5.41, 5.74) is 1.03. The SMILES string of the molecule is CC1(CO)C(O)CCC2(C)C(CC(=O)NCc3cc(F)cc(F)c3)c3nc(-c4cccnc4)sc3CC12. The fraction of sp³-hybridized carbons (Fsp3) is 0.464. The fourth-order valence-corrected chi connectivity index (χ4v) is 7.59. The van der Waals surface area contributed by atoms with Crippen LogP contribution in [-0.4, -0.2) is 38.8 Å². The monoisotopic (exact) mass is 527 g/mol. The number of amides is 1. The lowest BCUT2D eigenvalue weighted by molar-refractivity contribution is -0.144. The van der Waals surface area contributed by atoms with Crippen LogP contribution in [0.25, 0.3) is 10.6 Å². The molecular formula is C28H31F2N3O3S. The first-order chi connectivity index (χ1) is 17.6. The third kappa shape index (κ3) is 4.69. The van der Waals surface area contributed by atoms with Crippen LogP contribution < -0.4 is 5.32 Å². The number of benzene rings is 1. The summed E-state index contributed by atoms with van der Waals surface area (Å²) >= 11 is 1.57. The highest BCUT2D eigenvalue weighted by Gasteiger charge is 2.59. The summed E-state index contributed by atoms with van der Waals surface area (Å²) in [6.45, 7) is 3.94. The molecule has 2 heterocycles. The zero-order valence-electron chi connectivity index (χ0n) is 20.9. The molecule has 2 aliphatic carbocycles. The van der Waals surface area contributed by atoms with E-state index in [4.69, 9.17) is 4.98 Å². The predicted molar refractivity (Wildman–Crippen MR) is 137 cm³/mol. The summed E-state index contributed by atoms with van der Waals surface area (Å²) in [6, 6.07) is 7.02. The van der Waals surface area contributed by atoms with Gasteiger partial charge in [0.2, 0.25) is 5.91 Å². The van der Waals surface area contributed by atoms with Gasteiger partial charge in [-0.2, -0.15) is 0 Å². The van der Waals surface area contributed by atoms with Crippen molar-refractivity contribution in [2.45, 2.75) is 58.1 Å². The van der Waals surface area contributed by atoms with E-state index in [9.17, 15) is 23.8 Å². The second-order valence-corrected chi connectivity index (χ2v) is 11.9. The molecule has 0 radical (unpaired) electrons. The Morgan fingerprint density at radius 1 is 1.24 bits per heavy atom. The van der Waals surface area contributed by atoms with E-state index in [0.29, 0.717) is 24.8 Å². The number of nitrogens with one attached hydrogen (secondary N) is 1. The Kier molecular flexibility index (Phi) is 6.89. The molecule has 3 aromatic rings. The Morgan fingerprint density at radius 3 is 2.68 bits per heavy atom. The second-order valence-electron chi connectivity index (χ2n) is 10.9.